The van der Waals surface area contributed by atoms with Crippen LogP contribution in [0, 0.1) is 17.5 Å². The smallest absolute Gasteiger partial charge is 0.294 e. The van der Waals surface area contributed by atoms with E-state index in [1.165, 1.54) is 6.08 Å². The molecular formula is C30H24ClF3N2O5S. The number of nitrogens with one attached hydrogen (secondary N) is 1. The number of benzene rings is 3. The summed E-state index contributed by atoms with van der Waals surface area (Å²) < 4.78 is 52.5. The van der Waals surface area contributed by atoms with Gasteiger partial charge in [0.15, 0.2) is 29.0 Å². The highest BCUT2D eigenvalue weighted by atomic mass is 35.5. The molecule has 3 aromatic carbocycles. The molecule has 0 aromatic heterocycles. The number of hydrogen-bond donors (Lipinski definition) is 1. The van der Waals surface area contributed by atoms with Crippen molar-refractivity contribution < 1.29 is 37.0 Å². The maximum atomic E-state index is 13.9. The Morgan fingerprint density at radius 3 is 2.50 bits per heavy atom. The van der Waals surface area contributed by atoms with Gasteiger partial charge in [0.1, 0.15) is 13.2 Å². The quantitative estimate of drug-likeness (QED) is 0.140. The number of allylic oxidation sites excluding steroid dienone is 1. The lowest BCUT2D eigenvalue weighted by atomic mass is 10.0. The second-order valence-corrected chi connectivity index (χ2v) is 10.3. The van der Waals surface area contributed by atoms with Gasteiger partial charge in [0.2, 0.25) is 5.91 Å². The Hall–Kier alpha value is -4.22. The zero-order chi connectivity index (χ0) is 30.4. The first-order chi connectivity index (χ1) is 20.1. The summed E-state index contributed by atoms with van der Waals surface area (Å²) in [5.74, 6) is -5.59. The maximum Gasteiger partial charge on any atom is 0.294 e. The van der Waals surface area contributed by atoms with E-state index in [1.54, 1.807) is 30.3 Å². The molecule has 42 heavy (non-hydrogen) atoms. The number of carbonyl (C=O) groups is 3. The number of anilines is 1. The normalized spacial score (nSPS) is 13.9. The summed E-state index contributed by atoms with van der Waals surface area (Å²) in [6, 6.07) is 12.1. The molecule has 1 heterocycles. The fraction of sp³-hybridized carbons (Fsp3) is 0.167. The van der Waals surface area contributed by atoms with Gasteiger partial charge in [-0.1, -0.05) is 29.8 Å². The zero-order valence-electron chi connectivity index (χ0n) is 22.2. The summed E-state index contributed by atoms with van der Waals surface area (Å²) in [4.78, 5) is 38.7. The van der Waals surface area contributed by atoms with Crippen LogP contribution in [-0.2, 0) is 22.6 Å². The molecule has 1 N–H and O–H groups in total. The lowest BCUT2D eigenvalue weighted by Crippen LogP contribution is -2.36. The molecule has 0 bridgehead atoms. The van der Waals surface area contributed by atoms with Crippen molar-refractivity contribution in [3.05, 3.63) is 105 Å². The minimum atomic E-state index is -1.76. The second-order valence-electron chi connectivity index (χ2n) is 8.89. The topological polar surface area (TPSA) is 84.9 Å². The first-order valence-corrected chi connectivity index (χ1v) is 13.8. The highest BCUT2D eigenvalue weighted by Crippen LogP contribution is 2.38. The summed E-state index contributed by atoms with van der Waals surface area (Å²) in [7, 11) is 0. The number of hydrogen-bond acceptors (Lipinski definition) is 6. The van der Waals surface area contributed by atoms with E-state index < -0.39 is 46.7 Å². The summed E-state index contributed by atoms with van der Waals surface area (Å²) in [5.41, 5.74) is 1.52. The van der Waals surface area contributed by atoms with Crippen molar-refractivity contribution in [2.75, 3.05) is 18.5 Å². The number of ether oxygens (including phenoxy) is 2. The summed E-state index contributed by atoms with van der Waals surface area (Å²) in [5, 5.41) is 1.92. The summed E-state index contributed by atoms with van der Waals surface area (Å²) in [6.45, 7) is 5.43. The molecule has 3 aromatic rings. The average molecular weight is 617 g/mol. The van der Waals surface area contributed by atoms with Gasteiger partial charge in [0.25, 0.3) is 11.1 Å². The molecule has 1 saturated heterocycles. The van der Waals surface area contributed by atoms with Gasteiger partial charge in [-0.3, -0.25) is 19.3 Å². The average Bonchev–Trinajstić information content (AvgIpc) is 3.21. The Kier molecular flexibility index (Phi) is 9.97. The Labute approximate surface area is 248 Å². The molecule has 12 heteroatoms. The molecular weight excluding hydrogens is 593 g/mol. The van der Waals surface area contributed by atoms with Crippen LogP contribution < -0.4 is 14.8 Å². The minimum Gasteiger partial charge on any atom is -0.490 e. The SMILES string of the molecule is C=CCc1cc(/C=C2\SC(=O)N(CC(=O)Nc3ccc(F)c(F)c3F)C2=O)cc(OCC)c1OCc1ccc(Cl)cc1. The molecule has 0 aliphatic carbocycles. The van der Waals surface area contributed by atoms with Crippen LogP contribution in [0.4, 0.5) is 23.7 Å². The number of rotatable bonds is 11. The van der Waals surface area contributed by atoms with Crippen LogP contribution in [0.2, 0.25) is 5.02 Å². The van der Waals surface area contributed by atoms with E-state index in [-0.39, 0.29) is 11.5 Å². The Balaban J connectivity index is 1.54. The summed E-state index contributed by atoms with van der Waals surface area (Å²) in [6.07, 6.45) is 3.59. The van der Waals surface area contributed by atoms with E-state index >= 15 is 0 Å². The number of halogens is 4. The molecule has 1 aliphatic rings. The van der Waals surface area contributed by atoms with Crippen molar-refractivity contribution in [1.82, 2.24) is 4.90 Å². The molecule has 1 aliphatic heterocycles. The van der Waals surface area contributed by atoms with Crippen molar-refractivity contribution in [2.24, 2.45) is 0 Å². The first kappa shape index (κ1) is 30.7. The van der Waals surface area contributed by atoms with E-state index in [2.05, 4.69) is 6.58 Å². The predicted octanol–water partition coefficient (Wildman–Crippen LogP) is 7.14. The van der Waals surface area contributed by atoms with Crippen LogP contribution >= 0.6 is 23.4 Å². The third kappa shape index (κ3) is 7.15. The van der Waals surface area contributed by atoms with Crippen LogP contribution in [0.15, 0.2) is 66.1 Å². The highest BCUT2D eigenvalue weighted by molar-refractivity contribution is 8.18. The van der Waals surface area contributed by atoms with Crippen LogP contribution in [0.25, 0.3) is 6.08 Å². The van der Waals surface area contributed by atoms with Crippen molar-refractivity contribution in [1.29, 1.82) is 0 Å². The highest BCUT2D eigenvalue weighted by Gasteiger charge is 2.36. The van der Waals surface area contributed by atoms with Gasteiger partial charge in [0.05, 0.1) is 17.2 Å². The van der Waals surface area contributed by atoms with Crippen molar-refractivity contribution in [2.45, 2.75) is 20.0 Å². The largest absolute Gasteiger partial charge is 0.490 e. The Morgan fingerprint density at radius 1 is 1.07 bits per heavy atom. The van der Waals surface area contributed by atoms with Crippen LogP contribution in [0.5, 0.6) is 11.5 Å². The van der Waals surface area contributed by atoms with Crippen molar-refractivity contribution in [3.63, 3.8) is 0 Å². The number of nitrogens with zero attached hydrogens (tertiary/aromatic N) is 1. The van der Waals surface area contributed by atoms with Gasteiger partial charge in [-0.2, -0.15) is 0 Å². The van der Waals surface area contributed by atoms with E-state index in [0.29, 0.717) is 57.8 Å². The summed E-state index contributed by atoms with van der Waals surface area (Å²) >= 11 is 6.58. The molecule has 0 saturated carbocycles. The standard InChI is InChI=1S/C30H24ClF3N2O5S/c1-3-5-19-12-18(13-23(40-4-2)28(19)41-16-17-6-8-20(31)9-7-17)14-24-29(38)36(30(39)42-24)15-25(37)35-22-11-10-21(32)26(33)27(22)34/h3,6-14H,1,4-5,15-16H2,2H3,(H,35,37)/b24-14-. The third-order valence-corrected chi connectivity index (χ3v) is 7.06. The maximum absolute atomic E-state index is 13.9. The lowest BCUT2D eigenvalue weighted by Gasteiger charge is -2.17. The van der Waals surface area contributed by atoms with Gasteiger partial charge in [-0.05, 0) is 78.7 Å². The molecule has 4 rings (SSSR count). The Bertz CT molecular complexity index is 1580. The van der Waals surface area contributed by atoms with E-state index in [4.69, 9.17) is 21.1 Å². The molecule has 1 fully saturated rings. The van der Waals surface area contributed by atoms with Gasteiger partial charge in [-0.15, -0.1) is 6.58 Å². The molecule has 7 nitrogen and oxygen atoms in total. The molecule has 0 atom stereocenters. The molecule has 3 amide bonds. The number of amides is 3. The number of carbonyl (C=O) groups excluding carboxylic acids is 3. The van der Waals surface area contributed by atoms with E-state index in [1.807, 2.05) is 24.4 Å². The van der Waals surface area contributed by atoms with Gasteiger partial charge < -0.3 is 14.8 Å². The molecule has 0 radical (unpaired) electrons. The van der Waals surface area contributed by atoms with Crippen LogP contribution in [0.1, 0.15) is 23.6 Å². The van der Waals surface area contributed by atoms with Gasteiger partial charge in [-0.25, -0.2) is 13.2 Å². The molecule has 0 unspecified atom stereocenters. The van der Waals surface area contributed by atoms with Gasteiger partial charge in [0, 0.05) is 10.6 Å². The fourth-order valence-corrected chi connectivity index (χ4v) is 4.94. The number of imide groups is 1. The predicted molar refractivity (Wildman–Crippen MR) is 155 cm³/mol. The fourth-order valence-electron chi connectivity index (χ4n) is 3.98. The third-order valence-electron chi connectivity index (χ3n) is 5.90. The van der Waals surface area contributed by atoms with Gasteiger partial charge >= 0.3 is 0 Å². The minimum absolute atomic E-state index is 0.0358. The van der Waals surface area contributed by atoms with Crippen LogP contribution in [-0.4, -0.2) is 35.1 Å². The molecule has 218 valence electrons. The monoisotopic (exact) mass is 616 g/mol. The zero-order valence-corrected chi connectivity index (χ0v) is 23.8. The first-order valence-electron chi connectivity index (χ1n) is 12.6. The second kappa shape index (κ2) is 13.6. The van der Waals surface area contributed by atoms with E-state index in [0.717, 1.165) is 17.2 Å². The van der Waals surface area contributed by atoms with Crippen molar-refractivity contribution >= 4 is 52.2 Å². The van der Waals surface area contributed by atoms with Crippen molar-refractivity contribution in [3.8, 4) is 11.5 Å². The number of thioether (sulfide) groups is 1. The molecule has 0 spiro atoms. The van der Waals surface area contributed by atoms with E-state index in [9.17, 15) is 27.6 Å². The van der Waals surface area contributed by atoms with Crippen LogP contribution in [0.3, 0.4) is 0 Å². The lowest BCUT2D eigenvalue weighted by molar-refractivity contribution is -0.127. The Morgan fingerprint density at radius 2 is 1.81 bits per heavy atom.